The molecule has 1 rings (SSSR count). The summed E-state index contributed by atoms with van der Waals surface area (Å²) in [7, 11) is -3.90. The molecule has 3 N–H and O–H groups in total. The minimum Gasteiger partial charge on any atom is -0.352 e. The Morgan fingerprint density at radius 3 is 2.56 bits per heavy atom. The zero-order valence-corrected chi connectivity index (χ0v) is 11.7. The van der Waals surface area contributed by atoms with Crippen molar-refractivity contribution in [3.63, 3.8) is 0 Å². The second-order valence-electron chi connectivity index (χ2n) is 3.88. The van der Waals surface area contributed by atoms with Gasteiger partial charge in [-0.15, -0.1) is 0 Å². The molecule has 0 radical (unpaired) electrons. The number of primary sulfonamides is 1. The van der Waals surface area contributed by atoms with Gasteiger partial charge in [0.25, 0.3) is 5.91 Å². The minimum atomic E-state index is -3.90. The summed E-state index contributed by atoms with van der Waals surface area (Å²) in [4.78, 5) is 11.6. The Bertz CT molecular complexity index is 570. The maximum Gasteiger partial charge on any atom is 0.251 e. The SMILES string of the molecule is CCCNC(=O)c1cc(Cl)c(C)c(S(N)(=O)=O)c1. The number of carbonyl (C=O) groups excluding carboxylic acids is 1. The fraction of sp³-hybridized carbons (Fsp3) is 0.364. The maximum atomic E-state index is 11.7. The maximum absolute atomic E-state index is 11.7. The van der Waals surface area contributed by atoms with Crippen LogP contribution in [0, 0.1) is 6.92 Å². The zero-order valence-electron chi connectivity index (χ0n) is 10.2. The zero-order chi connectivity index (χ0) is 13.9. The Labute approximate surface area is 111 Å². The van der Waals surface area contributed by atoms with Crippen LogP contribution in [0.4, 0.5) is 0 Å². The summed E-state index contributed by atoms with van der Waals surface area (Å²) in [6.07, 6.45) is 0.785. The molecule has 0 aliphatic rings. The van der Waals surface area contributed by atoms with Gasteiger partial charge in [0, 0.05) is 17.1 Å². The predicted octanol–water partition coefficient (Wildman–Crippen LogP) is 1.44. The van der Waals surface area contributed by atoms with E-state index in [0.717, 1.165) is 6.42 Å². The number of benzene rings is 1. The van der Waals surface area contributed by atoms with E-state index in [0.29, 0.717) is 12.1 Å². The number of hydrogen-bond acceptors (Lipinski definition) is 3. The van der Waals surface area contributed by atoms with Gasteiger partial charge in [0.15, 0.2) is 0 Å². The number of hydrogen-bond donors (Lipinski definition) is 2. The third-order valence-corrected chi connectivity index (χ3v) is 3.83. The van der Waals surface area contributed by atoms with E-state index >= 15 is 0 Å². The van der Waals surface area contributed by atoms with E-state index in [2.05, 4.69) is 5.32 Å². The quantitative estimate of drug-likeness (QED) is 0.879. The van der Waals surface area contributed by atoms with Crippen molar-refractivity contribution in [1.29, 1.82) is 0 Å². The van der Waals surface area contributed by atoms with Gasteiger partial charge in [-0.2, -0.15) is 0 Å². The molecule has 0 saturated heterocycles. The molecular weight excluding hydrogens is 276 g/mol. The van der Waals surface area contributed by atoms with Crippen LogP contribution < -0.4 is 10.5 Å². The molecule has 100 valence electrons. The Morgan fingerprint density at radius 2 is 2.06 bits per heavy atom. The Morgan fingerprint density at radius 1 is 1.44 bits per heavy atom. The molecule has 0 fully saturated rings. The highest BCUT2D eigenvalue weighted by Crippen LogP contribution is 2.24. The van der Waals surface area contributed by atoms with E-state index in [1.54, 1.807) is 0 Å². The van der Waals surface area contributed by atoms with Gasteiger partial charge in [0.05, 0.1) is 4.90 Å². The molecule has 0 bridgehead atoms. The van der Waals surface area contributed by atoms with Crippen LogP contribution in [-0.4, -0.2) is 20.9 Å². The fourth-order valence-electron chi connectivity index (χ4n) is 1.42. The smallest absolute Gasteiger partial charge is 0.251 e. The van der Waals surface area contributed by atoms with Crippen LogP contribution in [0.1, 0.15) is 29.3 Å². The first-order valence-electron chi connectivity index (χ1n) is 5.38. The van der Waals surface area contributed by atoms with Gasteiger partial charge in [-0.25, -0.2) is 13.6 Å². The lowest BCUT2D eigenvalue weighted by atomic mass is 10.1. The molecule has 5 nitrogen and oxygen atoms in total. The van der Waals surface area contributed by atoms with Crippen LogP contribution in [0.2, 0.25) is 5.02 Å². The van der Waals surface area contributed by atoms with E-state index in [1.807, 2.05) is 6.92 Å². The third-order valence-electron chi connectivity index (χ3n) is 2.40. The van der Waals surface area contributed by atoms with Gasteiger partial charge in [0.2, 0.25) is 10.0 Å². The molecule has 0 atom stereocenters. The van der Waals surface area contributed by atoms with Crippen LogP contribution in [0.25, 0.3) is 0 Å². The molecule has 0 aromatic heterocycles. The van der Waals surface area contributed by atoms with Crippen molar-refractivity contribution < 1.29 is 13.2 Å². The van der Waals surface area contributed by atoms with Gasteiger partial charge in [-0.3, -0.25) is 4.79 Å². The first-order valence-corrected chi connectivity index (χ1v) is 7.31. The average Bonchev–Trinajstić information content (AvgIpc) is 2.27. The highest BCUT2D eigenvalue weighted by atomic mass is 35.5. The number of carbonyl (C=O) groups is 1. The molecule has 18 heavy (non-hydrogen) atoms. The van der Waals surface area contributed by atoms with E-state index in [9.17, 15) is 13.2 Å². The van der Waals surface area contributed by atoms with E-state index in [1.165, 1.54) is 19.1 Å². The number of nitrogens with one attached hydrogen (secondary N) is 1. The first kappa shape index (κ1) is 14.9. The molecule has 1 amide bonds. The van der Waals surface area contributed by atoms with E-state index in [-0.39, 0.29) is 21.4 Å². The van der Waals surface area contributed by atoms with Crippen molar-refractivity contribution in [2.45, 2.75) is 25.2 Å². The summed E-state index contributed by atoms with van der Waals surface area (Å²) in [6.45, 7) is 3.96. The standard InChI is InChI=1S/C11H15ClN2O3S/c1-3-4-14-11(15)8-5-9(12)7(2)10(6-8)18(13,16)17/h5-6H,3-4H2,1-2H3,(H,14,15)(H2,13,16,17). The number of halogens is 1. The van der Waals surface area contributed by atoms with Gasteiger partial charge in [-0.1, -0.05) is 18.5 Å². The van der Waals surface area contributed by atoms with E-state index in [4.69, 9.17) is 16.7 Å². The van der Waals surface area contributed by atoms with Crippen LogP contribution in [-0.2, 0) is 10.0 Å². The van der Waals surface area contributed by atoms with E-state index < -0.39 is 10.0 Å². The molecule has 1 aromatic rings. The lowest BCUT2D eigenvalue weighted by Gasteiger charge is -2.09. The molecule has 0 aliphatic heterocycles. The van der Waals surface area contributed by atoms with Crippen molar-refractivity contribution in [1.82, 2.24) is 5.32 Å². The lowest BCUT2D eigenvalue weighted by Crippen LogP contribution is -2.25. The van der Waals surface area contributed by atoms with Gasteiger partial charge < -0.3 is 5.32 Å². The number of sulfonamides is 1. The molecule has 0 heterocycles. The highest BCUT2D eigenvalue weighted by molar-refractivity contribution is 7.89. The van der Waals surface area contributed by atoms with Crippen LogP contribution in [0.5, 0.6) is 0 Å². The molecule has 0 spiro atoms. The molecule has 1 aromatic carbocycles. The molecular formula is C11H15ClN2O3S. The normalized spacial score (nSPS) is 11.3. The van der Waals surface area contributed by atoms with Gasteiger partial charge in [0.1, 0.15) is 0 Å². The summed E-state index contributed by atoms with van der Waals surface area (Å²) in [5.41, 5.74) is 0.522. The van der Waals surface area contributed by atoms with Crippen LogP contribution in [0.3, 0.4) is 0 Å². The molecule has 0 aliphatic carbocycles. The highest BCUT2D eigenvalue weighted by Gasteiger charge is 2.17. The minimum absolute atomic E-state index is 0.128. The van der Waals surface area contributed by atoms with Crippen molar-refractivity contribution in [2.24, 2.45) is 5.14 Å². The summed E-state index contributed by atoms with van der Waals surface area (Å²) in [6, 6.07) is 2.66. The fourth-order valence-corrected chi connectivity index (χ4v) is 2.52. The Balaban J connectivity index is 3.25. The van der Waals surface area contributed by atoms with Gasteiger partial charge >= 0.3 is 0 Å². The summed E-state index contributed by atoms with van der Waals surface area (Å²) >= 11 is 5.90. The van der Waals surface area contributed by atoms with Crippen molar-refractivity contribution in [3.05, 3.63) is 28.3 Å². The summed E-state index contributed by atoms with van der Waals surface area (Å²) in [5.74, 6) is -0.372. The number of rotatable bonds is 4. The molecule has 0 unspecified atom stereocenters. The molecule has 7 heteroatoms. The second kappa shape index (κ2) is 5.69. The third kappa shape index (κ3) is 3.44. The first-order chi connectivity index (χ1) is 8.27. The second-order valence-corrected chi connectivity index (χ2v) is 5.82. The largest absolute Gasteiger partial charge is 0.352 e. The monoisotopic (exact) mass is 290 g/mol. The van der Waals surface area contributed by atoms with Gasteiger partial charge in [-0.05, 0) is 31.0 Å². The molecule has 0 saturated carbocycles. The van der Waals surface area contributed by atoms with Crippen molar-refractivity contribution in [3.8, 4) is 0 Å². The number of amides is 1. The van der Waals surface area contributed by atoms with Crippen molar-refractivity contribution in [2.75, 3.05) is 6.54 Å². The van der Waals surface area contributed by atoms with Crippen LogP contribution in [0.15, 0.2) is 17.0 Å². The number of nitrogens with two attached hydrogens (primary N) is 1. The topological polar surface area (TPSA) is 89.3 Å². The predicted molar refractivity (Wildman–Crippen MR) is 70.2 cm³/mol. The average molecular weight is 291 g/mol. The lowest BCUT2D eigenvalue weighted by molar-refractivity contribution is 0.0953. The Kier molecular flexibility index (Phi) is 4.72. The summed E-state index contributed by atoms with van der Waals surface area (Å²) in [5, 5.41) is 7.92. The van der Waals surface area contributed by atoms with Crippen molar-refractivity contribution >= 4 is 27.5 Å². The van der Waals surface area contributed by atoms with Crippen LogP contribution >= 0.6 is 11.6 Å². The Hall–Kier alpha value is -1.11. The summed E-state index contributed by atoms with van der Waals surface area (Å²) < 4.78 is 22.8.